The highest BCUT2D eigenvalue weighted by Gasteiger charge is 2.12. The number of hydrogen-bond acceptors (Lipinski definition) is 4. The molecule has 0 saturated carbocycles. The zero-order valence-electron chi connectivity index (χ0n) is 9.69. The Balaban J connectivity index is 2.22. The van der Waals surface area contributed by atoms with Crippen molar-refractivity contribution < 1.29 is 9.53 Å². The molecule has 0 radical (unpaired) electrons. The second-order valence-corrected chi connectivity index (χ2v) is 5.14. The quantitative estimate of drug-likeness (QED) is 0.639. The molecule has 0 aliphatic rings. The third kappa shape index (κ3) is 5.44. The van der Waals surface area contributed by atoms with Crippen LogP contribution in [0.25, 0.3) is 0 Å². The van der Waals surface area contributed by atoms with Crippen molar-refractivity contribution in [2.45, 2.75) is 18.2 Å². The highest BCUT2D eigenvalue weighted by Crippen LogP contribution is 2.17. The van der Waals surface area contributed by atoms with Crippen LogP contribution in [0, 0.1) is 0 Å². The molecule has 1 rings (SSSR count). The first-order valence-electron chi connectivity index (χ1n) is 5.29. The van der Waals surface area contributed by atoms with Crippen molar-refractivity contribution in [2.24, 2.45) is 5.73 Å². The fourth-order valence-electron chi connectivity index (χ4n) is 1.30. The molecule has 0 amide bonds. The molecule has 1 aromatic carbocycles. The van der Waals surface area contributed by atoms with E-state index in [9.17, 15) is 4.79 Å². The summed E-state index contributed by atoms with van der Waals surface area (Å²) in [4.78, 5) is 11.0. The minimum absolute atomic E-state index is 0.353. The van der Waals surface area contributed by atoms with Gasteiger partial charge in [-0.2, -0.15) is 11.8 Å². The van der Waals surface area contributed by atoms with Gasteiger partial charge in [-0.3, -0.25) is 4.79 Å². The Morgan fingerprint density at radius 3 is 3.00 bits per heavy atom. The summed E-state index contributed by atoms with van der Waals surface area (Å²) in [5.41, 5.74) is 6.80. The van der Waals surface area contributed by atoms with Gasteiger partial charge in [0, 0.05) is 10.8 Å². The second kappa shape index (κ2) is 7.58. The lowest BCUT2D eigenvalue weighted by molar-refractivity contribution is -0.142. The molecule has 0 aromatic heterocycles. The number of thioether (sulfide) groups is 1. The van der Waals surface area contributed by atoms with Crippen molar-refractivity contribution >= 4 is 29.3 Å². The van der Waals surface area contributed by atoms with E-state index in [2.05, 4.69) is 4.74 Å². The first kappa shape index (κ1) is 14.4. The summed E-state index contributed by atoms with van der Waals surface area (Å²) in [7, 11) is 1.35. The smallest absolute Gasteiger partial charge is 0.322 e. The van der Waals surface area contributed by atoms with E-state index < -0.39 is 6.04 Å². The maximum Gasteiger partial charge on any atom is 0.322 e. The van der Waals surface area contributed by atoms with Crippen LogP contribution in [0.3, 0.4) is 0 Å². The van der Waals surface area contributed by atoms with Crippen LogP contribution in [0.1, 0.15) is 12.0 Å². The van der Waals surface area contributed by atoms with Gasteiger partial charge in [0.05, 0.1) is 7.11 Å². The summed E-state index contributed by atoms with van der Waals surface area (Å²) >= 11 is 7.60. The van der Waals surface area contributed by atoms with Crippen molar-refractivity contribution in [3.05, 3.63) is 34.9 Å². The molecule has 0 saturated heterocycles. The van der Waals surface area contributed by atoms with E-state index in [0.717, 1.165) is 16.5 Å². The maximum atomic E-state index is 11.0. The van der Waals surface area contributed by atoms with Crippen LogP contribution >= 0.6 is 23.4 Å². The molecule has 1 unspecified atom stereocenters. The minimum atomic E-state index is -0.521. The third-order valence-electron chi connectivity index (χ3n) is 2.23. The van der Waals surface area contributed by atoms with Crippen molar-refractivity contribution in [3.63, 3.8) is 0 Å². The number of carbonyl (C=O) groups is 1. The Morgan fingerprint density at radius 1 is 1.59 bits per heavy atom. The SMILES string of the molecule is COC(=O)C(N)CCSCc1cccc(Cl)c1. The van der Waals surface area contributed by atoms with Crippen LogP contribution in [-0.2, 0) is 15.3 Å². The average Bonchev–Trinajstić information content (AvgIpc) is 2.33. The van der Waals surface area contributed by atoms with Crippen LogP contribution in [0.4, 0.5) is 0 Å². The van der Waals surface area contributed by atoms with E-state index in [0.29, 0.717) is 6.42 Å². The molecule has 0 bridgehead atoms. The number of methoxy groups -OCH3 is 1. The van der Waals surface area contributed by atoms with Crippen molar-refractivity contribution in [3.8, 4) is 0 Å². The first-order chi connectivity index (χ1) is 8.13. The summed E-state index contributed by atoms with van der Waals surface area (Å²) in [5, 5.41) is 0.745. The lowest BCUT2D eigenvalue weighted by Gasteiger charge is -2.08. The summed E-state index contributed by atoms with van der Waals surface area (Å²) in [6, 6.07) is 7.22. The van der Waals surface area contributed by atoms with Crippen LogP contribution in [0.2, 0.25) is 5.02 Å². The van der Waals surface area contributed by atoms with E-state index in [1.165, 1.54) is 12.7 Å². The summed E-state index contributed by atoms with van der Waals surface area (Å²) in [5.74, 6) is 1.34. The Labute approximate surface area is 111 Å². The predicted molar refractivity (Wildman–Crippen MR) is 72.2 cm³/mol. The lowest BCUT2D eigenvalue weighted by Crippen LogP contribution is -2.31. The number of ether oxygens (including phenoxy) is 1. The monoisotopic (exact) mass is 273 g/mol. The highest BCUT2D eigenvalue weighted by atomic mass is 35.5. The lowest BCUT2D eigenvalue weighted by atomic mass is 10.2. The molecule has 94 valence electrons. The Morgan fingerprint density at radius 2 is 2.35 bits per heavy atom. The van der Waals surface area contributed by atoms with Crippen molar-refractivity contribution in [1.82, 2.24) is 0 Å². The second-order valence-electron chi connectivity index (χ2n) is 3.60. The first-order valence-corrected chi connectivity index (χ1v) is 6.82. The molecule has 0 spiro atoms. The number of esters is 1. The highest BCUT2D eigenvalue weighted by molar-refractivity contribution is 7.98. The van der Waals surface area contributed by atoms with E-state index >= 15 is 0 Å². The molecular formula is C12H16ClNO2S. The molecule has 0 fully saturated rings. The van der Waals surface area contributed by atoms with Gasteiger partial charge in [0.25, 0.3) is 0 Å². The molecule has 5 heteroatoms. The largest absolute Gasteiger partial charge is 0.468 e. The van der Waals surface area contributed by atoms with Gasteiger partial charge in [0.15, 0.2) is 0 Å². The summed E-state index contributed by atoms with van der Waals surface area (Å²) in [6.45, 7) is 0. The molecule has 17 heavy (non-hydrogen) atoms. The molecule has 0 aliphatic heterocycles. The molecule has 1 atom stereocenters. The summed E-state index contributed by atoms with van der Waals surface area (Å²) < 4.78 is 4.55. The molecule has 1 aromatic rings. The number of carbonyl (C=O) groups excluding carboxylic acids is 1. The van der Waals surface area contributed by atoms with Crippen LogP contribution in [0.15, 0.2) is 24.3 Å². The van der Waals surface area contributed by atoms with Crippen molar-refractivity contribution in [1.29, 1.82) is 0 Å². The summed E-state index contributed by atoms with van der Waals surface area (Å²) in [6.07, 6.45) is 0.623. The van der Waals surface area contributed by atoms with Gasteiger partial charge in [-0.15, -0.1) is 0 Å². The Bertz CT molecular complexity index is 373. The number of benzene rings is 1. The van der Waals surface area contributed by atoms with Crippen LogP contribution in [0.5, 0.6) is 0 Å². The standard InChI is InChI=1S/C12H16ClNO2S/c1-16-12(15)11(14)5-6-17-8-9-3-2-4-10(13)7-9/h2-4,7,11H,5-6,8,14H2,1H3. The number of hydrogen-bond donors (Lipinski definition) is 1. The fraction of sp³-hybridized carbons (Fsp3) is 0.417. The molecule has 3 nitrogen and oxygen atoms in total. The van der Waals surface area contributed by atoms with Gasteiger partial charge in [-0.05, 0) is 29.9 Å². The van der Waals surface area contributed by atoms with E-state index in [-0.39, 0.29) is 5.97 Å². The third-order valence-corrected chi connectivity index (χ3v) is 3.53. The van der Waals surface area contributed by atoms with Crippen LogP contribution in [-0.4, -0.2) is 24.9 Å². The number of nitrogens with two attached hydrogens (primary N) is 1. The number of halogens is 1. The molecule has 0 heterocycles. The van der Waals surface area contributed by atoms with Gasteiger partial charge in [-0.25, -0.2) is 0 Å². The van der Waals surface area contributed by atoms with Gasteiger partial charge in [-0.1, -0.05) is 23.7 Å². The molecule has 2 N–H and O–H groups in total. The van der Waals surface area contributed by atoms with E-state index in [1.54, 1.807) is 11.8 Å². The van der Waals surface area contributed by atoms with Gasteiger partial charge >= 0.3 is 5.97 Å². The van der Waals surface area contributed by atoms with E-state index in [4.69, 9.17) is 17.3 Å². The van der Waals surface area contributed by atoms with Gasteiger partial charge in [0.1, 0.15) is 6.04 Å². The minimum Gasteiger partial charge on any atom is -0.468 e. The Hall–Kier alpha value is -0.710. The average molecular weight is 274 g/mol. The zero-order chi connectivity index (χ0) is 12.7. The normalized spacial score (nSPS) is 12.2. The van der Waals surface area contributed by atoms with E-state index in [1.807, 2.05) is 24.3 Å². The molecular weight excluding hydrogens is 258 g/mol. The van der Waals surface area contributed by atoms with Gasteiger partial charge in [0.2, 0.25) is 0 Å². The number of rotatable bonds is 6. The Kier molecular flexibility index (Phi) is 6.40. The fourth-order valence-corrected chi connectivity index (χ4v) is 2.49. The maximum absolute atomic E-state index is 11.0. The predicted octanol–water partition coefficient (Wildman–Crippen LogP) is 2.46. The topological polar surface area (TPSA) is 52.3 Å². The van der Waals surface area contributed by atoms with Crippen LogP contribution < -0.4 is 5.73 Å². The van der Waals surface area contributed by atoms with Crippen molar-refractivity contribution in [2.75, 3.05) is 12.9 Å². The molecule has 0 aliphatic carbocycles. The zero-order valence-corrected chi connectivity index (χ0v) is 11.3. The van der Waals surface area contributed by atoms with Gasteiger partial charge < -0.3 is 10.5 Å².